The minimum absolute atomic E-state index is 0.00686. The molecule has 5 heteroatoms. The van der Waals surface area contributed by atoms with Crippen LogP contribution < -0.4 is 5.32 Å². The van der Waals surface area contributed by atoms with Gasteiger partial charge in [0, 0.05) is 29.4 Å². The SMILES string of the molecule is O=C(/C=C/c1c[nH]c2ncccc12)N[C@H](CO)CC1CCCCC1. The normalized spacial score (nSPS) is 17.4. The molecule has 1 aliphatic rings. The molecule has 0 aliphatic heterocycles. The molecule has 1 amide bonds. The Bertz CT molecular complexity index is 701. The fourth-order valence-corrected chi connectivity index (χ4v) is 3.53. The molecule has 3 N–H and O–H groups in total. The smallest absolute Gasteiger partial charge is 0.244 e. The molecule has 1 aliphatic carbocycles. The summed E-state index contributed by atoms with van der Waals surface area (Å²) in [7, 11) is 0. The van der Waals surface area contributed by atoms with Gasteiger partial charge in [-0.25, -0.2) is 4.98 Å². The molecule has 2 aromatic heterocycles. The second-order valence-corrected chi connectivity index (χ2v) is 6.60. The van der Waals surface area contributed by atoms with Gasteiger partial charge >= 0.3 is 0 Å². The highest BCUT2D eigenvalue weighted by Crippen LogP contribution is 2.27. The number of pyridine rings is 1. The van der Waals surface area contributed by atoms with Crippen molar-refractivity contribution in [2.45, 2.75) is 44.6 Å². The Morgan fingerprint density at radius 3 is 3.04 bits per heavy atom. The molecule has 24 heavy (non-hydrogen) atoms. The number of nitrogens with one attached hydrogen (secondary N) is 2. The Morgan fingerprint density at radius 1 is 1.42 bits per heavy atom. The summed E-state index contributed by atoms with van der Waals surface area (Å²) in [5, 5.41) is 13.5. The van der Waals surface area contributed by atoms with Gasteiger partial charge in [0.2, 0.25) is 5.91 Å². The van der Waals surface area contributed by atoms with E-state index in [9.17, 15) is 9.90 Å². The predicted molar refractivity (Wildman–Crippen MR) is 95.3 cm³/mol. The lowest BCUT2D eigenvalue weighted by Crippen LogP contribution is -2.38. The van der Waals surface area contributed by atoms with E-state index < -0.39 is 0 Å². The molecule has 0 saturated heterocycles. The van der Waals surface area contributed by atoms with Gasteiger partial charge in [0.1, 0.15) is 5.65 Å². The van der Waals surface area contributed by atoms with Gasteiger partial charge in [-0.05, 0) is 30.5 Å². The lowest BCUT2D eigenvalue weighted by molar-refractivity contribution is -0.117. The summed E-state index contributed by atoms with van der Waals surface area (Å²) in [4.78, 5) is 19.5. The molecule has 5 nitrogen and oxygen atoms in total. The van der Waals surface area contributed by atoms with Crippen LogP contribution in [0.15, 0.2) is 30.6 Å². The second kappa shape index (κ2) is 8.11. The Labute approximate surface area is 142 Å². The molecule has 0 bridgehead atoms. The van der Waals surface area contributed by atoms with Crippen LogP contribution in [-0.4, -0.2) is 33.6 Å². The van der Waals surface area contributed by atoms with Crippen molar-refractivity contribution in [1.82, 2.24) is 15.3 Å². The summed E-state index contributed by atoms with van der Waals surface area (Å²) in [5.41, 5.74) is 1.74. The van der Waals surface area contributed by atoms with E-state index in [0.717, 1.165) is 23.0 Å². The van der Waals surface area contributed by atoms with Crippen molar-refractivity contribution in [2.75, 3.05) is 6.61 Å². The van der Waals surface area contributed by atoms with Crippen LogP contribution in [0.1, 0.15) is 44.1 Å². The summed E-state index contributed by atoms with van der Waals surface area (Å²) in [6.45, 7) is -0.00686. The second-order valence-electron chi connectivity index (χ2n) is 6.60. The number of aliphatic hydroxyl groups excluding tert-OH is 1. The van der Waals surface area contributed by atoms with Crippen LogP contribution in [0.4, 0.5) is 0 Å². The summed E-state index contributed by atoms with van der Waals surface area (Å²) >= 11 is 0. The molecule has 2 heterocycles. The fraction of sp³-hybridized carbons (Fsp3) is 0.474. The monoisotopic (exact) mass is 327 g/mol. The van der Waals surface area contributed by atoms with E-state index in [1.807, 2.05) is 18.3 Å². The number of aromatic amines is 1. The van der Waals surface area contributed by atoms with Gasteiger partial charge in [-0.15, -0.1) is 0 Å². The predicted octanol–water partition coefficient (Wildman–Crippen LogP) is 3.02. The maximum absolute atomic E-state index is 12.2. The minimum atomic E-state index is -0.164. The highest BCUT2D eigenvalue weighted by Gasteiger charge is 2.19. The molecule has 0 spiro atoms. The van der Waals surface area contributed by atoms with E-state index >= 15 is 0 Å². The lowest BCUT2D eigenvalue weighted by atomic mass is 9.85. The number of carbonyl (C=O) groups excluding carboxylic acids is 1. The van der Waals surface area contributed by atoms with Crippen molar-refractivity contribution in [3.05, 3.63) is 36.2 Å². The Morgan fingerprint density at radius 2 is 2.25 bits per heavy atom. The maximum atomic E-state index is 12.2. The molecule has 128 valence electrons. The van der Waals surface area contributed by atoms with Crippen LogP contribution in [0, 0.1) is 5.92 Å². The van der Waals surface area contributed by atoms with Gasteiger partial charge in [-0.3, -0.25) is 4.79 Å². The Kier molecular flexibility index (Phi) is 5.64. The number of hydrogen-bond donors (Lipinski definition) is 3. The van der Waals surface area contributed by atoms with Gasteiger partial charge < -0.3 is 15.4 Å². The number of carbonyl (C=O) groups is 1. The van der Waals surface area contributed by atoms with Crippen LogP contribution in [0.3, 0.4) is 0 Å². The van der Waals surface area contributed by atoms with Gasteiger partial charge in [0.05, 0.1) is 12.6 Å². The van der Waals surface area contributed by atoms with E-state index in [4.69, 9.17) is 0 Å². The number of amides is 1. The minimum Gasteiger partial charge on any atom is -0.394 e. The maximum Gasteiger partial charge on any atom is 0.244 e. The molecule has 3 rings (SSSR count). The zero-order chi connectivity index (χ0) is 16.8. The fourth-order valence-electron chi connectivity index (χ4n) is 3.53. The first-order valence-corrected chi connectivity index (χ1v) is 8.78. The zero-order valence-corrected chi connectivity index (χ0v) is 13.9. The molecule has 1 fully saturated rings. The average molecular weight is 327 g/mol. The number of nitrogens with zero attached hydrogens (tertiary/aromatic N) is 1. The number of hydrogen-bond acceptors (Lipinski definition) is 3. The number of aliphatic hydroxyl groups is 1. The third kappa shape index (κ3) is 4.23. The van der Waals surface area contributed by atoms with Crippen LogP contribution >= 0.6 is 0 Å². The molecule has 1 saturated carbocycles. The summed E-state index contributed by atoms with van der Waals surface area (Å²) in [6, 6.07) is 3.69. The number of H-pyrrole nitrogens is 1. The largest absolute Gasteiger partial charge is 0.394 e. The molecular weight excluding hydrogens is 302 g/mol. The lowest BCUT2D eigenvalue weighted by Gasteiger charge is -2.25. The van der Waals surface area contributed by atoms with Gasteiger partial charge in [-0.2, -0.15) is 0 Å². The molecule has 1 atom stereocenters. The highest BCUT2D eigenvalue weighted by atomic mass is 16.3. The Hall–Kier alpha value is -2.14. The van der Waals surface area contributed by atoms with Crippen molar-refractivity contribution in [1.29, 1.82) is 0 Å². The van der Waals surface area contributed by atoms with Gasteiger partial charge in [0.25, 0.3) is 0 Å². The Balaban J connectivity index is 1.57. The van der Waals surface area contributed by atoms with Gasteiger partial charge in [0.15, 0.2) is 0 Å². The van der Waals surface area contributed by atoms with Crippen LogP contribution in [0.2, 0.25) is 0 Å². The van der Waals surface area contributed by atoms with E-state index in [1.165, 1.54) is 38.2 Å². The van der Waals surface area contributed by atoms with Crippen LogP contribution in [0.25, 0.3) is 17.1 Å². The van der Waals surface area contributed by atoms with Crippen molar-refractivity contribution in [3.63, 3.8) is 0 Å². The molecule has 0 unspecified atom stereocenters. The molecule has 0 aromatic carbocycles. The van der Waals surface area contributed by atoms with Crippen molar-refractivity contribution >= 4 is 23.0 Å². The standard InChI is InChI=1S/C19H25N3O2/c23-13-16(11-14-5-2-1-3-6-14)22-18(24)9-8-15-12-21-19-17(15)7-4-10-20-19/h4,7-10,12,14,16,23H,1-3,5-6,11,13H2,(H,20,21)(H,22,24)/b9-8+/t16-/m0/s1. The number of rotatable bonds is 6. The van der Waals surface area contributed by atoms with Crippen LogP contribution in [-0.2, 0) is 4.79 Å². The van der Waals surface area contributed by atoms with Crippen molar-refractivity contribution < 1.29 is 9.90 Å². The average Bonchev–Trinajstić information content (AvgIpc) is 3.03. The van der Waals surface area contributed by atoms with Crippen molar-refractivity contribution in [2.24, 2.45) is 5.92 Å². The number of fused-ring (bicyclic) bond motifs is 1. The van der Waals surface area contributed by atoms with Gasteiger partial charge in [-0.1, -0.05) is 32.1 Å². The molecular formula is C19H25N3O2. The number of aromatic nitrogens is 2. The molecule has 0 radical (unpaired) electrons. The molecule has 2 aromatic rings. The third-order valence-electron chi connectivity index (χ3n) is 4.81. The first-order chi connectivity index (χ1) is 11.8. The van der Waals surface area contributed by atoms with E-state index in [-0.39, 0.29) is 18.6 Å². The zero-order valence-electron chi connectivity index (χ0n) is 13.9. The highest BCUT2D eigenvalue weighted by molar-refractivity contribution is 5.95. The summed E-state index contributed by atoms with van der Waals surface area (Å²) in [5.74, 6) is 0.461. The van der Waals surface area contributed by atoms with E-state index in [0.29, 0.717) is 5.92 Å². The van der Waals surface area contributed by atoms with Crippen LogP contribution in [0.5, 0.6) is 0 Å². The third-order valence-corrected chi connectivity index (χ3v) is 4.81. The summed E-state index contributed by atoms with van der Waals surface area (Å²) in [6.07, 6.45) is 14.0. The quantitative estimate of drug-likeness (QED) is 0.714. The first-order valence-electron chi connectivity index (χ1n) is 8.78. The summed E-state index contributed by atoms with van der Waals surface area (Å²) < 4.78 is 0. The van der Waals surface area contributed by atoms with E-state index in [2.05, 4.69) is 15.3 Å². The van der Waals surface area contributed by atoms with E-state index in [1.54, 1.807) is 12.3 Å². The van der Waals surface area contributed by atoms with Crippen molar-refractivity contribution in [3.8, 4) is 0 Å². The first kappa shape index (κ1) is 16.7. The topological polar surface area (TPSA) is 78.0 Å².